The summed E-state index contributed by atoms with van der Waals surface area (Å²) < 4.78 is 0. The molecule has 1 N–H and O–H groups in total. The van der Waals surface area contributed by atoms with E-state index >= 15 is 0 Å². The lowest BCUT2D eigenvalue weighted by Gasteiger charge is -2.30. The lowest BCUT2D eigenvalue weighted by Crippen LogP contribution is -2.43. The van der Waals surface area contributed by atoms with Gasteiger partial charge in [-0.25, -0.2) is 4.79 Å². The molecule has 5 nitrogen and oxygen atoms in total. The number of aryl methyl sites for hydroxylation is 1. The Hall–Kier alpha value is -3.26. The maximum Gasteiger partial charge on any atom is 0.327 e. The average Bonchev–Trinajstić information content (AvgIpc) is 3.62. The van der Waals surface area contributed by atoms with Gasteiger partial charge in [0.2, 0.25) is 0 Å². The van der Waals surface area contributed by atoms with Crippen molar-refractivity contribution in [2.45, 2.75) is 24.9 Å². The number of nitrogens with zero attached hydrogens (tertiary/aromatic N) is 1. The molecule has 1 aliphatic rings. The molecule has 3 heterocycles. The Morgan fingerprint density at radius 3 is 2.25 bits per heavy atom. The first kappa shape index (κ1) is 24.4. The fourth-order valence-electron chi connectivity index (χ4n) is 5.10. The molecule has 1 saturated heterocycles. The second kappa shape index (κ2) is 10.0. The van der Waals surface area contributed by atoms with Gasteiger partial charge in [0, 0.05) is 31.8 Å². The summed E-state index contributed by atoms with van der Waals surface area (Å²) in [4.78, 5) is 44.1. The molecule has 0 spiro atoms. The van der Waals surface area contributed by atoms with E-state index in [1.807, 2.05) is 35.9 Å². The summed E-state index contributed by atoms with van der Waals surface area (Å²) in [6, 6.07) is 19.0. The Labute approximate surface area is 221 Å². The number of carboxylic acids is 1. The molecule has 0 bridgehead atoms. The smallest absolute Gasteiger partial charge is 0.327 e. The van der Waals surface area contributed by atoms with Gasteiger partial charge in [0.1, 0.15) is 6.04 Å². The highest BCUT2D eigenvalue weighted by atomic mass is 35.5. The number of Topliss-reactive ketones (excluding diaryl/α,β-unsaturated/α-hetero) is 1. The molecular weight excluding hydrogens is 514 g/mol. The van der Waals surface area contributed by atoms with E-state index in [0.29, 0.717) is 16.1 Å². The van der Waals surface area contributed by atoms with Gasteiger partial charge < -0.3 is 10.0 Å². The minimum absolute atomic E-state index is 0.233. The van der Waals surface area contributed by atoms with Crippen LogP contribution >= 0.6 is 34.3 Å². The standard InChI is InChI=1S/C28H22ClNO4S2/c1-16-12-14-36-26(16)23-22(25(31)18-9-5-10-19(29)15-18)21(20-11-6-13-35-20)24(28(33)34)30(23)27(32)17-7-3-2-4-8-17/h2-15,21-24H,1H3,(H,33,34). The van der Waals surface area contributed by atoms with Crippen LogP contribution in [0.15, 0.2) is 83.6 Å². The Kier molecular flexibility index (Phi) is 6.79. The van der Waals surface area contributed by atoms with Crippen molar-refractivity contribution in [3.05, 3.63) is 115 Å². The Morgan fingerprint density at radius 1 is 0.889 bits per heavy atom. The highest BCUT2D eigenvalue weighted by Crippen LogP contribution is 2.54. The first-order valence-electron chi connectivity index (χ1n) is 11.4. The zero-order valence-corrected chi connectivity index (χ0v) is 21.6. The summed E-state index contributed by atoms with van der Waals surface area (Å²) in [6.45, 7) is 1.92. The fourth-order valence-corrected chi connectivity index (χ4v) is 7.26. The number of hydrogen-bond acceptors (Lipinski definition) is 5. The lowest BCUT2D eigenvalue weighted by molar-refractivity contribution is -0.142. The van der Waals surface area contributed by atoms with E-state index in [-0.39, 0.29) is 5.78 Å². The highest BCUT2D eigenvalue weighted by molar-refractivity contribution is 7.10. The molecule has 36 heavy (non-hydrogen) atoms. The van der Waals surface area contributed by atoms with Crippen molar-refractivity contribution in [2.24, 2.45) is 5.92 Å². The number of likely N-dealkylation sites (tertiary alicyclic amines) is 1. The average molecular weight is 536 g/mol. The number of carboxylic acid groups (broad SMARTS) is 1. The monoisotopic (exact) mass is 535 g/mol. The number of carbonyl (C=O) groups is 3. The number of hydrogen-bond donors (Lipinski definition) is 1. The number of halogens is 1. The zero-order chi connectivity index (χ0) is 25.4. The molecule has 0 aliphatic carbocycles. The molecule has 0 radical (unpaired) electrons. The number of carbonyl (C=O) groups excluding carboxylic acids is 2. The van der Waals surface area contributed by atoms with Gasteiger partial charge >= 0.3 is 5.97 Å². The summed E-state index contributed by atoms with van der Waals surface area (Å²) in [7, 11) is 0. The van der Waals surface area contributed by atoms with E-state index in [4.69, 9.17) is 11.6 Å². The summed E-state index contributed by atoms with van der Waals surface area (Å²) in [5, 5.41) is 14.7. The predicted molar refractivity (Wildman–Crippen MR) is 142 cm³/mol. The van der Waals surface area contributed by atoms with Gasteiger partial charge in [-0.1, -0.05) is 48.0 Å². The normalized spacial score (nSPS) is 21.4. The maximum absolute atomic E-state index is 14.2. The molecule has 182 valence electrons. The lowest BCUT2D eigenvalue weighted by atomic mass is 9.79. The van der Waals surface area contributed by atoms with E-state index in [9.17, 15) is 19.5 Å². The van der Waals surface area contributed by atoms with E-state index in [1.54, 1.807) is 54.6 Å². The van der Waals surface area contributed by atoms with Gasteiger partial charge in [-0.05, 0) is 59.6 Å². The molecule has 0 saturated carbocycles. The first-order chi connectivity index (χ1) is 17.4. The topological polar surface area (TPSA) is 74.7 Å². The van der Waals surface area contributed by atoms with Gasteiger partial charge in [0.15, 0.2) is 5.78 Å². The number of amides is 1. The van der Waals surface area contributed by atoms with Gasteiger partial charge in [0.25, 0.3) is 5.91 Å². The second-order valence-electron chi connectivity index (χ2n) is 8.72. The van der Waals surface area contributed by atoms with Crippen LogP contribution in [0.3, 0.4) is 0 Å². The third kappa shape index (κ3) is 4.28. The van der Waals surface area contributed by atoms with Crippen molar-refractivity contribution < 1.29 is 19.5 Å². The van der Waals surface area contributed by atoms with Gasteiger partial charge in [-0.3, -0.25) is 9.59 Å². The number of benzene rings is 2. The van der Waals surface area contributed by atoms with Gasteiger partial charge in [-0.2, -0.15) is 0 Å². The van der Waals surface area contributed by atoms with Gasteiger partial charge in [0.05, 0.1) is 12.0 Å². The SMILES string of the molecule is Cc1ccsc1C1C(C(=O)c2cccc(Cl)c2)C(c2cccs2)C(C(=O)O)N1C(=O)c1ccccc1. The van der Waals surface area contributed by atoms with Crippen molar-refractivity contribution in [1.82, 2.24) is 4.90 Å². The molecule has 4 unspecified atom stereocenters. The van der Waals surface area contributed by atoms with E-state index < -0.39 is 35.8 Å². The quantitative estimate of drug-likeness (QED) is 0.279. The number of thiophene rings is 2. The van der Waals surface area contributed by atoms with Crippen molar-refractivity contribution >= 4 is 51.9 Å². The third-order valence-corrected chi connectivity index (χ3v) is 8.93. The highest BCUT2D eigenvalue weighted by Gasteiger charge is 2.58. The number of ketones is 1. The van der Waals surface area contributed by atoms with Crippen LogP contribution in [0.1, 0.15) is 48.0 Å². The van der Waals surface area contributed by atoms with Crippen LogP contribution in [0.25, 0.3) is 0 Å². The first-order valence-corrected chi connectivity index (χ1v) is 13.5. The molecule has 4 atom stereocenters. The largest absolute Gasteiger partial charge is 0.480 e. The number of rotatable bonds is 6. The molecule has 5 rings (SSSR count). The van der Waals surface area contributed by atoms with Crippen LogP contribution in [0, 0.1) is 12.8 Å². The van der Waals surface area contributed by atoms with E-state index in [2.05, 4.69) is 0 Å². The molecule has 1 aliphatic heterocycles. The fraction of sp³-hybridized carbons (Fsp3) is 0.179. The van der Waals surface area contributed by atoms with E-state index in [1.165, 1.54) is 27.6 Å². The van der Waals surface area contributed by atoms with Crippen LogP contribution in [-0.4, -0.2) is 33.7 Å². The Morgan fingerprint density at radius 2 is 1.64 bits per heavy atom. The van der Waals surface area contributed by atoms with Crippen LogP contribution in [0.2, 0.25) is 5.02 Å². The van der Waals surface area contributed by atoms with Crippen LogP contribution < -0.4 is 0 Å². The molecule has 1 amide bonds. The minimum atomic E-state index is -1.23. The van der Waals surface area contributed by atoms with Crippen LogP contribution in [-0.2, 0) is 4.79 Å². The molecular formula is C28H22ClNO4S2. The van der Waals surface area contributed by atoms with Crippen molar-refractivity contribution in [3.63, 3.8) is 0 Å². The third-order valence-electron chi connectivity index (χ3n) is 6.63. The van der Waals surface area contributed by atoms with Crippen molar-refractivity contribution in [1.29, 1.82) is 0 Å². The van der Waals surface area contributed by atoms with Crippen LogP contribution in [0.5, 0.6) is 0 Å². The molecule has 2 aromatic heterocycles. The number of aliphatic carboxylic acids is 1. The Bertz CT molecular complexity index is 1420. The summed E-state index contributed by atoms with van der Waals surface area (Å²) in [5.41, 5.74) is 1.69. The summed E-state index contributed by atoms with van der Waals surface area (Å²) in [5.74, 6) is -3.33. The second-order valence-corrected chi connectivity index (χ2v) is 11.1. The zero-order valence-electron chi connectivity index (χ0n) is 19.2. The molecule has 2 aromatic carbocycles. The molecule has 1 fully saturated rings. The van der Waals surface area contributed by atoms with Crippen molar-refractivity contribution in [2.75, 3.05) is 0 Å². The van der Waals surface area contributed by atoms with Crippen molar-refractivity contribution in [3.8, 4) is 0 Å². The van der Waals surface area contributed by atoms with Crippen LogP contribution in [0.4, 0.5) is 0 Å². The summed E-state index contributed by atoms with van der Waals surface area (Å²) in [6.07, 6.45) is 0. The molecule has 4 aromatic rings. The minimum Gasteiger partial charge on any atom is -0.480 e. The maximum atomic E-state index is 14.2. The van der Waals surface area contributed by atoms with E-state index in [0.717, 1.165) is 15.3 Å². The van der Waals surface area contributed by atoms with Gasteiger partial charge in [-0.15, -0.1) is 22.7 Å². The summed E-state index contributed by atoms with van der Waals surface area (Å²) >= 11 is 9.06. The molecule has 8 heteroatoms. The Balaban J connectivity index is 1.76. The predicted octanol–water partition coefficient (Wildman–Crippen LogP) is 6.70.